The van der Waals surface area contributed by atoms with Gasteiger partial charge in [-0.1, -0.05) is 185 Å². The summed E-state index contributed by atoms with van der Waals surface area (Å²) >= 11 is 6.93. The van der Waals surface area contributed by atoms with Crippen LogP contribution in [0.15, 0.2) is 292 Å². The van der Waals surface area contributed by atoms with Crippen molar-refractivity contribution in [1.29, 1.82) is 0 Å². The summed E-state index contributed by atoms with van der Waals surface area (Å²) in [6.07, 6.45) is 16.2. The van der Waals surface area contributed by atoms with Gasteiger partial charge in [0, 0.05) is 87.3 Å². The molecule has 0 spiro atoms. The molecule has 0 fully saturated rings. The molecule has 16 aromatic rings. The minimum atomic E-state index is -0.938. The average molecular weight is 1850 g/mol. The van der Waals surface area contributed by atoms with E-state index in [0.29, 0.717) is 24.5 Å². The Morgan fingerprint density at radius 2 is 0.560 bits per heavy atom. The number of aromatic nitrogens is 8. The molecule has 0 saturated heterocycles. The van der Waals surface area contributed by atoms with Gasteiger partial charge in [0.2, 0.25) is 0 Å². The lowest BCUT2D eigenvalue weighted by Gasteiger charge is -2.15. The number of benzene rings is 8. The highest BCUT2D eigenvalue weighted by molar-refractivity contribution is 7.16. The molecule has 134 heavy (non-hydrogen) atoms. The Balaban J connectivity index is 0.000000152. The van der Waals surface area contributed by atoms with E-state index in [2.05, 4.69) is 208 Å². The Labute approximate surface area is 798 Å². The number of hydrogen-bond donors (Lipinski definition) is 8. The third kappa shape index (κ3) is 27.8. The van der Waals surface area contributed by atoms with Gasteiger partial charge in [-0.25, -0.2) is 49.5 Å². The lowest BCUT2D eigenvalue weighted by Crippen LogP contribution is -2.07. The van der Waals surface area contributed by atoms with E-state index in [1.807, 2.05) is 98.8 Å². The fourth-order valence-corrected chi connectivity index (χ4v) is 18.9. The molecule has 0 saturated carbocycles. The molecule has 0 aliphatic heterocycles. The maximum Gasteiger partial charge on any atom is 0.335 e. The number of aliphatic carboxylic acids is 2. The number of carbonyl (C=O) groups is 4. The molecule has 8 heterocycles. The van der Waals surface area contributed by atoms with Crippen LogP contribution in [0.5, 0.6) is 0 Å². The van der Waals surface area contributed by atoms with Crippen LogP contribution in [0.3, 0.4) is 0 Å². The predicted molar refractivity (Wildman–Crippen MR) is 547 cm³/mol. The molecule has 0 aliphatic rings. The van der Waals surface area contributed by atoms with Gasteiger partial charge in [0.25, 0.3) is 0 Å². The highest BCUT2D eigenvalue weighted by Crippen LogP contribution is 2.37. The van der Waals surface area contributed by atoms with Crippen molar-refractivity contribution >= 4 is 115 Å². The lowest BCUT2D eigenvalue weighted by molar-refractivity contribution is -0.137. The molecule has 8 aromatic heterocycles. The van der Waals surface area contributed by atoms with Crippen LogP contribution >= 0.6 is 45.3 Å². The van der Waals surface area contributed by atoms with Crippen LogP contribution in [0, 0.1) is 13.8 Å². The van der Waals surface area contributed by atoms with Crippen LogP contribution in [-0.4, -0.2) is 84.2 Å². The van der Waals surface area contributed by atoms with Gasteiger partial charge in [-0.2, -0.15) is 0 Å². The Morgan fingerprint density at radius 1 is 0.291 bits per heavy atom. The molecule has 0 bridgehead atoms. The monoisotopic (exact) mass is 1850 g/mol. The number of anilines is 8. The zero-order valence-electron chi connectivity index (χ0n) is 75.9. The quantitative estimate of drug-likeness (QED) is 0.0167. The molecular formula is C110H108N12O8S4. The van der Waals surface area contributed by atoms with Gasteiger partial charge in [-0.05, 0) is 258 Å². The number of allylic oxidation sites excluding steroid dienone is 2. The molecule has 0 unspecified atom stereocenters. The van der Waals surface area contributed by atoms with Crippen molar-refractivity contribution in [1.82, 2.24) is 39.9 Å². The van der Waals surface area contributed by atoms with Crippen LogP contribution < -0.4 is 21.3 Å². The highest BCUT2D eigenvalue weighted by Gasteiger charge is 2.22. The van der Waals surface area contributed by atoms with Crippen molar-refractivity contribution in [3.05, 3.63) is 401 Å². The first-order chi connectivity index (χ1) is 65.2. The third-order valence-electron chi connectivity index (χ3n) is 22.2. The fourth-order valence-electron chi connectivity index (χ4n) is 15.1. The van der Waals surface area contributed by atoms with Crippen molar-refractivity contribution in [3.63, 3.8) is 0 Å². The predicted octanol–water partition coefficient (Wildman–Crippen LogP) is 25.9. The molecule has 0 aliphatic carbocycles. The van der Waals surface area contributed by atoms with Crippen molar-refractivity contribution in [2.75, 3.05) is 21.3 Å². The number of hydrogen-bond acceptors (Lipinski definition) is 20. The van der Waals surface area contributed by atoms with Gasteiger partial charge < -0.3 is 41.7 Å². The van der Waals surface area contributed by atoms with Crippen LogP contribution in [0.1, 0.15) is 146 Å². The van der Waals surface area contributed by atoms with Crippen LogP contribution in [0.25, 0.3) is 42.8 Å². The van der Waals surface area contributed by atoms with E-state index in [0.717, 1.165) is 210 Å². The molecule has 24 heteroatoms. The Morgan fingerprint density at radius 3 is 0.851 bits per heavy atom. The van der Waals surface area contributed by atoms with E-state index >= 15 is 0 Å². The second-order valence-corrected chi connectivity index (χ2v) is 36.4. The van der Waals surface area contributed by atoms with Gasteiger partial charge in [0.15, 0.2) is 23.3 Å². The van der Waals surface area contributed by atoms with E-state index in [4.69, 9.17) is 60.3 Å². The van der Waals surface area contributed by atoms with Crippen molar-refractivity contribution < 1.29 is 39.6 Å². The second-order valence-electron chi connectivity index (χ2n) is 31.8. The number of rotatable bonds is 38. The first-order valence-corrected chi connectivity index (χ1v) is 48.1. The van der Waals surface area contributed by atoms with E-state index in [9.17, 15) is 19.2 Å². The van der Waals surface area contributed by atoms with Gasteiger partial charge >= 0.3 is 23.9 Å². The molecule has 20 nitrogen and oxygen atoms in total. The number of nitrogens with zero attached hydrogens (tertiary/aromatic N) is 8. The molecule has 0 amide bonds. The summed E-state index contributed by atoms with van der Waals surface area (Å²) in [6.45, 7) is 20.2. The van der Waals surface area contributed by atoms with Crippen LogP contribution in [0.2, 0.25) is 0 Å². The number of carboxylic acids is 4. The second kappa shape index (κ2) is 48.5. The minimum Gasteiger partial charge on any atom is -0.481 e. The fraction of sp³-hybridized carbons (Fsp3) is 0.200. The lowest BCUT2D eigenvalue weighted by atomic mass is 10.1. The smallest absolute Gasteiger partial charge is 0.335 e. The third-order valence-corrected chi connectivity index (χ3v) is 26.7. The molecule has 0 atom stereocenters. The number of aryl methyl sites for hydroxylation is 12. The Hall–Kier alpha value is -14.6. The summed E-state index contributed by atoms with van der Waals surface area (Å²) in [6, 6.07) is 87.3. The van der Waals surface area contributed by atoms with Gasteiger partial charge in [0.05, 0.1) is 43.5 Å². The standard InChI is InChI=1S/C29H29N3O2S.C28H27N3O2S.C27H27N3O2S.C26H25N3O2S/c1-3-8-24-25(4-2)31-29(26-18-17-23(35-26)16-13-20-9-6-5-7-10-20)32-28(24)30-22-14-11-21(12-15-22)19-27(33)34;1-3-7-24-19(2)29-28(25-17-16-23(34-25)15-12-20-8-5-4-6-9-20)31-27(24)30-22-13-10-21(11-14-22)18-26(32)33;1-3-22-23(4-2)29-26(30-25(22)28-20-13-11-19(12-14-20)27(31)32)24-17-16-21(33-24)15-10-18-8-6-5-7-9-18;1-3-22-17(2)27-25(29-24(22)28-20-12-10-19(11-13-20)26(30)31)23-16-15-21(32-23)14-9-18-7-5-4-6-8-18/h3,5-7,9-12,14-15,17-18H,1,4,8,13,16,19H2,2H3,(H,33,34)(H,30,31,32);3-6,8-11,13-14,16-17H,1,7,12,15,18H2,2H3,(H,32,33)(H,29,30,31);5-9,11-14,16-17H,3-4,10,15H2,1-2H3,(H,31,32)(H,28,29,30);4-8,10-13,15-16H,3,9,14H2,1-2H3,(H,30,31)(H,27,28,29). The maximum absolute atomic E-state index is 11.1. The summed E-state index contributed by atoms with van der Waals surface area (Å²) in [7, 11) is 0. The van der Waals surface area contributed by atoms with E-state index in [1.54, 1.807) is 93.9 Å². The topological polar surface area (TPSA) is 300 Å². The Kier molecular flexibility index (Phi) is 35.1. The van der Waals surface area contributed by atoms with Gasteiger partial charge in [-0.15, -0.1) is 58.5 Å². The molecular weight excluding hydrogens is 1750 g/mol. The van der Waals surface area contributed by atoms with E-state index in [-0.39, 0.29) is 24.0 Å². The SMILES string of the molecule is C=CCc1c(C)nc(-c2ccc(CCc3ccccc3)s2)nc1Nc1ccc(CC(=O)O)cc1.C=CCc1c(CC)nc(-c2ccc(CCc3ccccc3)s2)nc1Nc1ccc(CC(=O)O)cc1.CCc1c(C)nc(-c2ccc(CCc3ccccc3)s2)nc1Nc1ccc(C(=O)O)cc1.CCc1nc(-c2ccc(CCc3ccccc3)s2)nc(Nc2ccc(C(=O)O)cc2)c1CC. The van der Waals surface area contributed by atoms with Crippen LogP contribution in [0.4, 0.5) is 46.0 Å². The zero-order chi connectivity index (χ0) is 94.2. The molecule has 0 radical (unpaired) electrons. The maximum atomic E-state index is 11.1. The summed E-state index contributed by atoms with van der Waals surface area (Å²) in [5, 5.41) is 49.8. The van der Waals surface area contributed by atoms with E-state index in [1.165, 1.54) is 41.8 Å². The molecule has 680 valence electrons. The van der Waals surface area contributed by atoms with Crippen LogP contribution in [-0.2, 0) is 112 Å². The highest BCUT2D eigenvalue weighted by atomic mass is 32.1. The zero-order valence-corrected chi connectivity index (χ0v) is 79.2. The number of thiophene rings is 4. The van der Waals surface area contributed by atoms with Crippen molar-refractivity contribution in [2.24, 2.45) is 0 Å². The van der Waals surface area contributed by atoms with Gasteiger partial charge in [-0.3, -0.25) is 9.59 Å². The molecule has 16 rings (SSSR count). The summed E-state index contributed by atoms with van der Waals surface area (Å²) in [4.78, 5) is 92.4. The number of aromatic carboxylic acids is 2. The number of carboxylic acid groups (broad SMARTS) is 4. The largest absolute Gasteiger partial charge is 0.481 e. The van der Waals surface area contributed by atoms with E-state index < -0.39 is 23.9 Å². The number of nitrogens with one attached hydrogen (secondary N) is 4. The first kappa shape index (κ1) is 97.0. The van der Waals surface area contributed by atoms with Gasteiger partial charge in [0.1, 0.15) is 23.3 Å². The Bertz CT molecular complexity index is 6630. The first-order valence-electron chi connectivity index (χ1n) is 44.8. The minimum absolute atomic E-state index is 0.00371. The molecule has 8 N–H and O–H groups in total. The van der Waals surface area contributed by atoms with Crippen molar-refractivity contribution in [3.8, 4) is 42.8 Å². The summed E-state index contributed by atoms with van der Waals surface area (Å²) < 4.78 is 0. The summed E-state index contributed by atoms with van der Waals surface area (Å²) in [5.74, 6) is 2.34. The normalized spacial score (nSPS) is 10.8. The average Bonchev–Trinajstić information content (AvgIpc) is 1.46. The molecule has 8 aromatic carbocycles. The van der Waals surface area contributed by atoms with Crippen molar-refractivity contribution in [2.45, 2.75) is 144 Å². The summed E-state index contributed by atoms with van der Waals surface area (Å²) in [5.41, 5.74) is 18.7.